The van der Waals surface area contributed by atoms with Crippen molar-refractivity contribution in [3.8, 4) is 5.75 Å². The number of ether oxygens (including phenoxy) is 1. The van der Waals surface area contributed by atoms with E-state index in [1.54, 1.807) is 0 Å². The van der Waals surface area contributed by atoms with E-state index in [1.165, 1.54) is 5.69 Å². The molecular weight excluding hydrogens is 296 g/mol. The van der Waals surface area contributed by atoms with Gasteiger partial charge >= 0.3 is 0 Å². The van der Waals surface area contributed by atoms with Crippen molar-refractivity contribution in [1.82, 2.24) is 4.90 Å². The molecule has 0 saturated carbocycles. The maximum Gasteiger partial charge on any atom is 0.120 e. The van der Waals surface area contributed by atoms with Crippen LogP contribution in [0.15, 0.2) is 54.6 Å². The van der Waals surface area contributed by atoms with E-state index < -0.39 is 0 Å². The van der Waals surface area contributed by atoms with E-state index in [1.807, 2.05) is 24.3 Å². The van der Waals surface area contributed by atoms with Gasteiger partial charge in [-0.3, -0.25) is 4.90 Å². The Labute approximate surface area is 137 Å². The Morgan fingerprint density at radius 3 is 2.41 bits per heavy atom. The zero-order chi connectivity index (χ0) is 15.2. The number of halogens is 1. The zero-order valence-corrected chi connectivity index (χ0v) is 13.4. The molecule has 0 unspecified atom stereocenters. The first-order chi connectivity index (χ1) is 10.8. The highest BCUT2D eigenvalue weighted by Gasteiger charge is 2.16. The summed E-state index contributed by atoms with van der Waals surface area (Å²) in [6.45, 7) is 5.95. The Morgan fingerprint density at radius 2 is 1.68 bits per heavy atom. The zero-order valence-electron chi connectivity index (χ0n) is 12.6. The summed E-state index contributed by atoms with van der Waals surface area (Å²) in [5, 5.41) is 0.717. The third kappa shape index (κ3) is 4.15. The number of anilines is 1. The predicted molar refractivity (Wildman–Crippen MR) is 92.0 cm³/mol. The summed E-state index contributed by atoms with van der Waals surface area (Å²) in [7, 11) is 0. The van der Waals surface area contributed by atoms with Gasteiger partial charge in [0.25, 0.3) is 0 Å². The summed E-state index contributed by atoms with van der Waals surface area (Å²) in [6.07, 6.45) is 0. The van der Waals surface area contributed by atoms with Crippen molar-refractivity contribution in [1.29, 1.82) is 0 Å². The molecule has 3 nitrogen and oxygen atoms in total. The second kappa shape index (κ2) is 7.52. The van der Waals surface area contributed by atoms with E-state index >= 15 is 0 Å². The SMILES string of the molecule is Clc1cccc(OCCN2CCN(c3ccccc3)CC2)c1. The molecule has 0 atom stereocenters. The van der Waals surface area contributed by atoms with Gasteiger partial charge in [0.1, 0.15) is 12.4 Å². The molecule has 116 valence electrons. The number of hydrogen-bond donors (Lipinski definition) is 0. The number of benzene rings is 2. The summed E-state index contributed by atoms with van der Waals surface area (Å²) in [6, 6.07) is 18.2. The summed E-state index contributed by atoms with van der Waals surface area (Å²) < 4.78 is 5.76. The highest BCUT2D eigenvalue weighted by Crippen LogP contribution is 2.18. The predicted octanol–water partition coefficient (Wildman–Crippen LogP) is 3.54. The van der Waals surface area contributed by atoms with E-state index in [-0.39, 0.29) is 0 Å². The Morgan fingerprint density at radius 1 is 0.909 bits per heavy atom. The van der Waals surface area contributed by atoms with Gasteiger partial charge in [-0.2, -0.15) is 0 Å². The van der Waals surface area contributed by atoms with Crippen LogP contribution in [0.25, 0.3) is 0 Å². The Kier molecular flexibility index (Phi) is 5.20. The molecule has 0 bridgehead atoms. The Bertz CT molecular complexity index is 583. The van der Waals surface area contributed by atoms with Gasteiger partial charge in [-0.15, -0.1) is 0 Å². The Hall–Kier alpha value is -1.71. The van der Waals surface area contributed by atoms with Crippen LogP contribution in [0.2, 0.25) is 5.02 Å². The van der Waals surface area contributed by atoms with Crippen LogP contribution in [0.1, 0.15) is 0 Å². The van der Waals surface area contributed by atoms with E-state index in [4.69, 9.17) is 16.3 Å². The molecule has 1 fully saturated rings. The topological polar surface area (TPSA) is 15.7 Å². The molecule has 2 aromatic carbocycles. The van der Waals surface area contributed by atoms with Gasteiger partial charge in [0.2, 0.25) is 0 Å². The fourth-order valence-corrected chi connectivity index (χ4v) is 2.90. The lowest BCUT2D eigenvalue weighted by atomic mass is 10.2. The summed E-state index contributed by atoms with van der Waals surface area (Å²) in [5.41, 5.74) is 1.32. The second-order valence-electron chi connectivity index (χ2n) is 5.47. The molecule has 0 aromatic heterocycles. The third-order valence-electron chi connectivity index (χ3n) is 3.97. The highest BCUT2D eigenvalue weighted by molar-refractivity contribution is 6.30. The largest absolute Gasteiger partial charge is 0.492 e. The van der Waals surface area contributed by atoms with Crippen LogP contribution in [0.3, 0.4) is 0 Å². The minimum absolute atomic E-state index is 0.700. The van der Waals surface area contributed by atoms with Crippen molar-refractivity contribution in [2.75, 3.05) is 44.2 Å². The average molecular weight is 317 g/mol. The number of piperazine rings is 1. The third-order valence-corrected chi connectivity index (χ3v) is 4.20. The van der Waals surface area contributed by atoms with Crippen LogP contribution in [0.4, 0.5) is 5.69 Å². The molecule has 1 heterocycles. The van der Waals surface area contributed by atoms with Gasteiger partial charge in [-0.05, 0) is 30.3 Å². The quantitative estimate of drug-likeness (QED) is 0.839. The standard InChI is InChI=1S/C18H21ClN2O/c19-16-5-4-8-18(15-16)22-14-13-20-9-11-21(12-10-20)17-6-2-1-3-7-17/h1-8,15H,9-14H2. The number of rotatable bonds is 5. The molecule has 2 aromatic rings. The molecule has 1 aliphatic rings. The molecule has 4 heteroatoms. The van der Waals surface area contributed by atoms with E-state index in [2.05, 4.69) is 40.1 Å². The van der Waals surface area contributed by atoms with Crippen molar-refractivity contribution in [2.45, 2.75) is 0 Å². The lowest BCUT2D eigenvalue weighted by Crippen LogP contribution is -2.47. The fourth-order valence-electron chi connectivity index (χ4n) is 2.72. The molecule has 0 N–H and O–H groups in total. The fraction of sp³-hybridized carbons (Fsp3) is 0.333. The van der Waals surface area contributed by atoms with Crippen molar-refractivity contribution in [2.24, 2.45) is 0 Å². The first kappa shape index (κ1) is 15.2. The van der Waals surface area contributed by atoms with Crippen LogP contribution < -0.4 is 9.64 Å². The normalized spacial score (nSPS) is 15.8. The monoisotopic (exact) mass is 316 g/mol. The number of hydrogen-bond acceptors (Lipinski definition) is 3. The maximum absolute atomic E-state index is 5.95. The van der Waals surface area contributed by atoms with Crippen LogP contribution in [0, 0.1) is 0 Å². The average Bonchev–Trinajstić information content (AvgIpc) is 2.56. The molecule has 0 aliphatic carbocycles. The summed E-state index contributed by atoms with van der Waals surface area (Å²) in [5.74, 6) is 0.843. The molecule has 0 radical (unpaired) electrons. The lowest BCUT2D eigenvalue weighted by molar-refractivity contribution is 0.200. The van der Waals surface area contributed by atoms with Crippen molar-refractivity contribution in [3.05, 3.63) is 59.6 Å². The second-order valence-corrected chi connectivity index (χ2v) is 5.91. The van der Waals surface area contributed by atoms with Crippen molar-refractivity contribution < 1.29 is 4.74 Å². The smallest absolute Gasteiger partial charge is 0.120 e. The minimum Gasteiger partial charge on any atom is -0.492 e. The molecule has 1 saturated heterocycles. The van der Waals surface area contributed by atoms with Gasteiger partial charge in [0.15, 0.2) is 0 Å². The van der Waals surface area contributed by atoms with Crippen molar-refractivity contribution >= 4 is 17.3 Å². The molecule has 22 heavy (non-hydrogen) atoms. The van der Waals surface area contributed by atoms with Crippen LogP contribution in [-0.4, -0.2) is 44.2 Å². The van der Waals surface area contributed by atoms with Gasteiger partial charge in [0, 0.05) is 43.4 Å². The van der Waals surface area contributed by atoms with Crippen LogP contribution in [0.5, 0.6) is 5.75 Å². The van der Waals surface area contributed by atoms with Crippen LogP contribution in [-0.2, 0) is 0 Å². The van der Waals surface area contributed by atoms with E-state index in [0.717, 1.165) is 38.5 Å². The van der Waals surface area contributed by atoms with E-state index in [0.29, 0.717) is 11.6 Å². The number of para-hydroxylation sites is 1. The minimum atomic E-state index is 0.700. The first-order valence-corrected chi connectivity index (χ1v) is 8.10. The summed E-state index contributed by atoms with van der Waals surface area (Å²) in [4.78, 5) is 4.89. The van der Waals surface area contributed by atoms with Gasteiger partial charge in [-0.1, -0.05) is 35.9 Å². The Balaban J connectivity index is 1.41. The van der Waals surface area contributed by atoms with Gasteiger partial charge < -0.3 is 9.64 Å². The van der Waals surface area contributed by atoms with E-state index in [9.17, 15) is 0 Å². The molecular formula is C18H21ClN2O. The number of nitrogens with zero attached hydrogens (tertiary/aromatic N) is 2. The maximum atomic E-state index is 5.95. The molecule has 0 spiro atoms. The molecule has 3 rings (SSSR count). The van der Waals surface area contributed by atoms with Crippen LogP contribution >= 0.6 is 11.6 Å². The van der Waals surface area contributed by atoms with Crippen molar-refractivity contribution in [3.63, 3.8) is 0 Å². The molecule has 0 amide bonds. The summed E-state index contributed by atoms with van der Waals surface area (Å²) >= 11 is 5.95. The lowest BCUT2D eigenvalue weighted by Gasteiger charge is -2.36. The van der Waals surface area contributed by atoms with Gasteiger partial charge in [-0.25, -0.2) is 0 Å². The van der Waals surface area contributed by atoms with Gasteiger partial charge in [0.05, 0.1) is 0 Å². The molecule has 1 aliphatic heterocycles. The first-order valence-electron chi connectivity index (χ1n) is 7.72. The highest BCUT2D eigenvalue weighted by atomic mass is 35.5.